The van der Waals surface area contributed by atoms with Crippen LogP contribution in [0.2, 0.25) is 0 Å². The maximum absolute atomic E-state index is 11.4. The number of amides is 1. The number of hydrogen-bond donors (Lipinski definition) is 2. The molecule has 0 spiro atoms. The molecule has 0 heterocycles. The second kappa shape index (κ2) is 6.83. The van der Waals surface area contributed by atoms with Crippen LogP contribution in [-0.4, -0.2) is 24.5 Å². The first-order chi connectivity index (χ1) is 6.81. The average Bonchev–Trinajstić information content (AvgIpc) is 2.00. The minimum Gasteiger partial charge on any atom is -0.356 e. The second-order valence-electron chi connectivity index (χ2n) is 5.46. The molecule has 0 rings (SSSR count). The highest BCUT2D eigenvalue weighted by Gasteiger charge is 2.09. The Labute approximate surface area is 94.0 Å². The van der Waals surface area contributed by atoms with Crippen LogP contribution < -0.4 is 10.6 Å². The van der Waals surface area contributed by atoms with E-state index < -0.39 is 0 Å². The lowest BCUT2D eigenvalue weighted by Gasteiger charge is -2.20. The van der Waals surface area contributed by atoms with Crippen LogP contribution in [0.4, 0.5) is 0 Å². The Morgan fingerprint density at radius 2 is 1.80 bits per heavy atom. The number of carbonyl (C=O) groups excluding carboxylic acids is 1. The Kier molecular flexibility index (Phi) is 6.57. The molecule has 90 valence electrons. The Morgan fingerprint density at radius 1 is 1.20 bits per heavy atom. The van der Waals surface area contributed by atoms with E-state index in [0.29, 0.717) is 12.3 Å². The molecule has 0 aromatic rings. The lowest BCUT2D eigenvalue weighted by Crippen LogP contribution is -2.38. The predicted octanol–water partition coefficient (Wildman–Crippen LogP) is 1.93. The van der Waals surface area contributed by atoms with Gasteiger partial charge in [-0.2, -0.15) is 0 Å². The predicted molar refractivity (Wildman–Crippen MR) is 64.8 cm³/mol. The molecular weight excluding hydrogens is 188 g/mol. The highest BCUT2D eigenvalue weighted by molar-refractivity contribution is 5.75. The van der Waals surface area contributed by atoms with Crippen LogP contribution in [0.1, 0.15) is 47.5 Å². The van der Waals surface area contributed by atoms with Gasteiger partial charge >= 0.3 is 0 Å². The highest BCUT2D eigenvalue weighted by Crippen LogP contribution is 1.98. The molecule has 15 heavy (non-hydrogen) atoms. The van der Waals surface area contributed by atoms with E-state index in [0.717, 1.165) is 19.5 Å². The van der Waals surface area contributed by atoms with Crippen molar-refractivity contribution in [2.24, 2.45) is 5.92 Å². The molecule has 0 saturated carbocycles. The van der Waals surface area contributed by atoms with Gasteiger partial charge in [-0.3, -0.25) is 4.79 Å². The summed E-state index contributed by atoms with van der Waals surface area (Å²) < 4.78 is 0. The van der Waals surface area contributed by atoms with Gasteiger partial charge in [0.05, 0.1) is 0 Å². The zero-order valence-electron chi connectivity index (χ0n) is 10.8. The van der Waals surface area contributed by atoms with Crippen LogP contribution in [0.25, 0.3) is 0 Å². The van der Waals surface area contributed by atoms with Gasteiger partial charge in [0.15, 0.2) is 0 Å². The largest absolute Gasteiger partial charge is 0.356 e. The SMILES string of the molecule is CC(C)CCNC(=O)CCNC(C)(C)C. The molecular formula is C12H26N2O. The molecule has 0 atom stereocenters. The van der Waals surface area contributed by atoms with Gasteiger partial charge in [-0.25, -0.2) is 0 Å². The molecule has 0 aliphatic carbocycles. The molecule has 0 aliphatic rings. The molecule has 0 fully saturated rings. The van der Waals surface area contributed by atoms with Crippen molar-refractivity contribution in [1.29, 1.82) is 0 Å². The van der Waals surface area contributed by atoms with Gasteiger partial charge in [-0.05, 0) is 33.1 Å². The first-order valence-corrected chi connectivity index (χ1v) is 5.83. The van der Waals surface area contributed by atoms with Crippen molar-refractivity contribution in [2.75, 3.05) is 13.1 Å². The Bertz CT molecular complexity index is 183. The van der Waals surface area contributed by atoms with Crippen molar-refractivity contribution in [3.05, 3.63) is 0 Å². The van der Waals surface area contributed by atoms with E-state index in [1.165, 1.54) is 0 Å². The van der Waals surface area contributed by atoms with Crippen LogP contribution in [0.5, 0.6) is 0 Å². The van der Waals surface area contributed by atoms with Gasteiger partial charge in [0.2, 0.25) is 5.91 Å². The molecule has 0 unspecified atom stereocenters. The molecule has 0 bridgehead atoms. The van der Waals surface area contributed by atoms with Crippen molar-refractivity contribution in [3.8, 4) is 0 Å². The van der Waals surface area contributed by atoms with Crippen LogP contribution in [-0.2, 0) is 4.79 Å². The molecule has 3 heteroatoms. The summed E-state index contributed by atoms with van der Waals surface area (Å²) in [7, 11) is 0. The lowest BCUT2D eigenvalue weighted by atomic mass is 10.1. The zero-order chi connectivity index (χ0) is 11.9. The summed E-state index contributed by atoms with van der Waals surface area (Å²) in [6.45, 7) is 12.2. The smallest absolute Gasteiger partial charge is 0.221 e. The van der Waals surface area contributed by atoms with E-state index in [1.807, 2.05) is 0 Å². The maximum Gasteiger partial charge on any atom is 0.221 e. The van der Waals surface area contributed by atoms with E-state index in [1.54, 1.807) is 0 Å². The summed E-state index contributed by atoms with van der Waals surface area (Å²) in [4.78, 5) is 11.4. The second-order valence-corrected chi connectivity index (χ2v) is 5.46. The van der Waals surface area contributed by atoms with Gasteiger partial charge < -0.3 is 10.6 Å². The summed E-state index contributed by atoms with van der Waals surface area (Å²) >= 11 is 0. The molecule has 1 amide bonds. The third kappa shape index (κ3) is 11.4. The molecule has 2 N–H and O–H groups in total. The van der Waals surface area contributed by atoms with E-state index in [4.69, 9.17) is 0 Å². The fourth-order valence-corrected chi connectivity index (χ4v) is 1.14. The van der Waals surface area contributed by atoms with E-state index in [-0.39, 0.29) is 11.4 Å². The number of hydrogen-bond acceptors (Lipinski definition) is 2. The number of carbonyl (C=O) groups is 1. The van der Waals surface area contributed by atoms with E-state index >= 15 is 0 Å². The maximum atomic E-state index is 11.4. The Hall–Kier alpha value is -0.570. The van der Waals surface area contributed by atoms with E-state index in [2.05, 4.69) is 45.3 Å². The Balaban J connectivity index is 3.42. The minimum atomic E-state index is 0.0954. The van der Waals surface area contributed by atoms with Crippen LogP contribution >= 0.6 is 0 Å². The third-order valence-corrected chi connectivity index (χ3v) is 2.05. The standard InChI is InChI=1S/C12H26N2O/c1-10(2)6-8-13-11(15)7-9-14-12(3,4)5/h10,14H,6-9H2,1-5H3,(H,13,15). The van der Waals surface area contributed by atoms with Crippen molar-refractivity contribution in [1.82, 2.24) is 10.6 Å². The van der Waals surface area contributed by atoms with E-state index in [9.17, 15) is 4.79 Å². The van der Waals surface area contributed by atoms with Gasteiger partial charge in [0, 0.05) is 25.0 Å². The quantitative estimate of drug-likeness (QED) is 0.709. The topological polar surface area (TPSA) is 41.1 Å². The fourth-order valence-electron chi connectivity index (χ4n) is 1.14. The first kappa shape index (κ1) is 14.4. The summed E-state index contributed by atoms with van der Waals surface area (Å²) in [5.74, 6) is 0.797. The van der Waals surface area contributed by atoms with Gasteiger partial charge in [-0.15, -0.1) is 0 Å². The molecule has 0 saturated heterocycles. The lowest BCUT2D eigenvalue weighted by molar-refractivity contribution is -0.121. The molecule has 0 aromatic carbocycles. The number of rotatable bonds is 6. The van der Waals surface area contributed by atoms with Crippen LogP contribution in [0.3, 0.4) is 0 Å². The zero-order valence-corrected chi connectivity index (χ0v) is 10.8. The minimum absolute atomic E-state index is 0.0954. The van der Waals surface area contributed by atoms with Crippen molar-refractivity contribution in [2.45, 2.75) is 53.0 Å². The van der Waals surface area contributed by atoms with Crippen LogP contribution in [0, 0.1) is 5.92 Å². The van der Waals surface area contributed by atoms with Crippen LogP contribution in [0.15, 0.2) is 0 Å². The van der Waals surface area contributed by atoms with Crippen molar-refractivity contribution < 1.29 is 4.79 Å². The summed E-state index contributed by atoms with van der Waals surface area (Å²) in [5, 5.41) is 6.21. The Morgan fingerprint density at radius 3 is 2.27 bits per heavy atom. The monoisotopic (exact) mass is 214 g/mol. The summed E-state index contributed by atoms with van der Waals surface area (Å²) in [6.07, 6.45) is 1.62. The molecule has 0 radical (unpaired) electrons. The number of nitrogens with one attached hydrogen (secondary N) is 2. The van der Waals surface area contributed by atoms with Gasteiger partial charge in [0.1, 0.15) is 0 Å². The van der Waals surface area contributed by atoms with Gasteiger partial charge in [0.25, 0.3) is 0 Å². The molecule has 3 nitrogen and oxygen atoms in total. The highest BCUT2D eigenvalue weighted by atomic mass is 16.1. The first-order valence-electron chi connectivity index (χ1n) is 5.83. The third-order valence-electron chi connectivity index (χ3n) is 2.05. The van der Waals surface area contributed by atoms with Gasteiger partial charge in [-0.1, -0.05) is 13.8 Å². The summed E-state index contributed by atoms with van der Waals surface area (Å²) in [6, 6.07) is 0. The normalized spacial score (nSPS) is 11.9. The molecule has 0 aromatic heterocycles. The fraction of sp³-hybridized carbons (Fsp3) is 0.917. The van der Waals surface area contributed by atoms with Crippen molar-refractivity contribution >= 4 is 5.91 Å². The molecule has 0 aliphatic heterocycles. The van der Waals surface area contributed by atoms with Crippen molar-refractivity contribution in [3.63, 3.8) is 0 Å². The summed E-state index contributed by atoms with van der Waals surface area (Å²) in [5.41, 5.74) is 0.0954. The average molecular weight is 214 g/mol.